The Hall–Kier alpha value is -1.14. The molecule has 4 nitrogen and oxygen atoms in total. The van der Waals surface area contributed by atoms with Crippen molar-refractivity contribution in [2.24, 2.45) is 11.8 Å². The predicted octanol–water partition coefficient (Wildman–Crippen LogP) is 3.23. The van der Waals surface area contributed by atoms with E-state index in [-0.39, 0.29) is 0 Å². The van der Waals surface area contributed by atoms with Crippen LogP contribution >= 0.6 is 22.9 Å². The van der Waals surface area contributed by atoms with Crippen LogP contribution in [0.1, 0.15) is 18.4 Å². The number of thiazole rings is 1. The molecule has 2 aromatic heterocycles. The van der Waals surface area contributed by atoms with E-state index in [9.17, 15) is 0 Å². The second-order valence-electron chi connectivity index (χ2n) is 4.88. The van der Waals surface area contributed by atoms with Gasteiger partial charge >= 0.3 is 0 Å². The Bertz CT molecular complexity index is 560. The van der Waals surface area contributed by atoms with Gasteiger partial charge in [0.25, 0.3) is 0 Å². The van der Waals surface area contributed by atoms with Gasteiger partial charge in [0.05, 0.1) is 16.3 Å². The minimum absolute atomic E-state index is 0.580. The summed E-state index contributed by atoms with van der Waals surface area (Å²) in [4.78, 5) is 4.50. The van der Waals surface area contributed by atoms with Crippen molar-refractivity contribution < 1.29 is 0 Å². The molecule has 1 aliphatic carbocycles. The summed E-state index contributed by atoms with van der Waals surface area (Å²) in [6, 6.07) is 0. The minimum Gasteiger partial charge on any atom is -0.382 e. The third kappa shape index (κ3) is 2.22. The van der Waals surface area contributed by atoms with E-state index in [1.54, 1.807) is 11.3 Å². The Labute approximate surface area is 114 Å². The van der Waals surface area contributed by atoms with Gasteiger partial charge in [-0.05, 0) is 36.7 Å². The van der Waals surface area contributed by atoms with Crippen molar-refractivity contribution >= 4 is 33.7 Å². The summed E-state index contributed by atoms with van der Waals surface area (Å²) in [6.07, 6.45) is 1.33. The topological polar surface area (TPSA) is 63.8 Å². The summed E-state index contributed by atoms with van der Waals surface area (Å²) in [6.45, 7) is 5.31. The smallest absolute Gasteiger partial charge is 0.148 e. The summed E-state index contributed by atoms with van der Waals surface area (Å²) in [5.74, 6) is 2.24. The molecule has 18 heavy (non-hydrogen) atoms. The van der Waals surface area contributed by atoms with Gasteiger partial charge in [-0.15, -0.1) is 11.3 Å². The zero-order chi connectivity index (χ0) is 12.7. The molecule has 6 heteroatoms. The number of hydrogen-bond acceptors (Lipinski definition) is 6. The Morgan fingerprint density at radius 2 is 2.33 bits per heavy atom. The molecular formula is C12H16N4S2. The standard InChI is InChI=1S/C12H16N4S2/c1-6-3-8(6)4-14-12-10(11(13)16-18-12)9-5-17-7(2)15-9/h5-6,8,14H,3-4H2,1-2H3,(H2,13,16). The molecule has 1 saturated carbocycles. The van der Waals surface area contributed by atoms with Gasteiger partial charge in [0.2, 0.25) is 0 Å². The molecule has 0 aliphatic heterocycles. The highest BCUT2D eigenvalue weighted by molar-refractivity contribution is 7.11. The van der Waals surface area contributed by atoms with E-state index in [4.69, 9.17) is 5.73 Å². The monoisotopic (exact) mass is 280 g/mol. The lowest BCUT2D eigenvalue weighted by Gasteiger charge is -2.04. The number of anilines is 2. The maximum absolute atomic E-state index is 5.96. The highest BCUT2D eigenvalue weighted by Crippen LogP contribution is 2.40. The number of rotatable bonds is 4. The second kappa shape index (κ2) is 4.51. The number of nitrogens with zero attached hydrogens (tertiary/aromatic N) is 2. The van der Waals surface area contributed by atoms with Crippen LogP contribution in [-0.2, 0) is 0 Å². The van der Waals surface area contributed by atoms with Crippen molar-refractivity contribution in [3.63, 3.8) is 0 Å². The fourth-order valence-corrected chi connectivity index (χ4v) is 3.39. The first-order chi connectivity index (χ1) is 8.65. The first-order valence-electron chi connectivity index (χ1n) is 6.06. The number of aromatic nitrogens is 2. The number of nitrogens with one attached hydrogen (secondary N) is 1. The summed E-state index contributed by atoms with van der Waals surface area (Å²) < 4.78 is 4.24. The fourth-order valence-electron chi connectivity index (χ4n) is 2.06. The van der Waals surface area contributed by atoms with Crippen molar-refractivity contribution in [2.75, 3.05) is 17.6 Å². The van der Waals surface area contributed by atoms with E-state index in [0.717, 1.165) is 39.6 Å². The van der Waals surface area contributed by atoms with Crippen LogP contribution in [0.15, 0.2) is 5.38 Å². The zero-order valence-corrected chi connectivity index (χ0v) is 12.1. The molecule has 2 heterocycles. The van der Waals surface area contributed by atoms with E-state index < -0.39 is 0 Å². The van der Waals surface area contributed by atoms with E-state index in [1.807, 2.05) is 12.3 Å². The molecule has 96 valence electrons. The quantitative estimate of drug-likeness (QED) is 0.902. The van der Waals surface area contributed by atoms with E-state index in [0.29, 0.717) is 5.82 Å². The van der Waals surface area contributed by atoms with Crippen LogP contribution in [0.3, 0.4) is 0 Å². The average molecular weight is 280 g/mol. The van der Waals surface area contributed by atoms with E-state index in [1.165, 1.54) is 18.0 Å². The second-order valence-corrected chi connectivity index (χ2v) is 6.71. The van der Waals surface area contributed by atoms with Gasteiger partial charge in [0.1, 0.15) is 10.8 Å². The first-order valence-corrected chi connectivity index (χ1v) is 7.72. The van der Waals surface area contributed by atoms with E-state index in [2.05, 4.69) is 21.6 Å². The third-order valence-electron chi connectivity index (χ3n) is 3.39. The average Bonchev–Trinajstić information content (AvgIpc) is 2.73. The molecule has 3 N–H and O–H groups in total. The molecule has 1 aliphatic rings. The van der Waals surface area contributed by atoms with Gasteiger partial charge in [-0.1, -0.05) is 6.92 Å². The predicted molar refractivity (Wildman–Crippen MR) is 78.1 cm³/mol. The molecule has 0 amide bonds. The van der Waals surface area contributed by atoms with Crippen LogP contribution < -0.4 is 11.1 Å². The molecule has 2 unspecified atom stereocenters. The highest BCUT2D eigenvalue weighted by atomic mass is 32.1. The lowest BCUT2D eigenvalue weighted by molar-refractivity contribution is 0.788. The van der Waals surface area contributed by atoms with Crippen LogP contribution in [0.5, 0.6) is 0 Å². The van der Waals surface area contributed by atoms with Crippen molar-refractivity contribution in [3.05, 3.63) is 10.4 Å². The molecule has 0 radical (unpaired) electrons. The van der Waals surface area contributed by atoms with Crippen LogP contribution in [0.25, 0.3) is 11.3 Å². The van der Waals surface area contributed by atoms with Gasteiger partial charge in [0, 0.05) is 11.9 Å². The maximum atomic E-state index is 5.96. The lowest BCUT2D eigenvalue weighted by atomic mass is 10.2. The molecule has 2 aromatic rings. The Kier molecular flexibility index (Phi) is 2.99. The lowest BCUT2D eigenvalue weighted by Crippen LogP contribution is -2.04. The Morgan fingerprint density at radius 3 is 2.94 bits per heavy atom. The van der Waals surface area contributed by atoms with Gasteiger partial charge in [-0.2, -0.15) is 4.37 Å². The number of hydrogen-bond donors (Lipinski definition) is 2. The SMILES string of the molecule is Cc1nc(-c2c(N)nsc2NCC2CC2C)cs1. The number of nitrogen functional groups attached to an aromatic ring is 1. The molecule has 0 spiro atoms. The first kappa shape index (κ1) is 11.9. The fraction of sp³-hybridized carbons (Fsp3) is 0.500. The molecule has 0 aromatic carbocycles. The van der Waals surface area contributed by atoms with Gasteiger partial charge < -0.3 is 11.1 Å². The Balaban J connectivity index is 1.82. The van der Waals surface area contributed by atoms with Crippen molar-refractivity contribution in [3.8, 4) is 11.3 Å². The summed E-state index contributed by atoms with van der Waals surface area (Å²) in [5.41, 5.74) is 7.87. The molecule has 0 saturated heterocycles. The highest BCUT2D eigenvalue weighted by Gasteiger charge is 2.32. The summed E-state index contributed by atoms with van der Waals surface area (Å²) >= 11 is 3.07. The van der Waals surface area contributed by atoms with Gasteiger partial charge in [0.15, 0.2) is 0 Å². The van der Waals surface area contributed by atoms with Crippen LogP contribution in [0.2, 0.25) is 0 Å². The van der Waals surface area contributed by atoms with Gasteiger partial charge in [-0.25, -0.2) is 4.98 Å². The van der Waals surface area contributed by atoms with Crippen LogP contribution in [0, 0.1) is 18.8 Å². The molecule has 2 atom stereocenters. The van der Waals surface area contributed by atoms with Crippen LogP contribution in [0.4, 0.5) is 10.8 Å². The van der Waals surface area contributed by atoms with E-state index >= 15 is 0 Å². The number of nitrogens with two attached hydrogens (primary N) is 1. The minimum atomic E-state index is 0.580. The number of aryl methyl sites for hydroxylation is 1. The molecular weight excluding hydrogens is 264 g/mol. The summed E-state index contributed by atoms with van der Waals surface area (Å²) in [7, 11) is 0. The maximum Gasteiger partial charge on any atom is 0.148 e. The van der Waals surface area contributed by atoms with Gasteiger partial charge in [-0.3, -0.25) is 0 Å². The van der Waals surface area contributed by atoms with Crippen molar-refractivity contribution in [1.82, 2.24) is 9.36 Å². The largest absolute Gasteiger partial charge is 0.382 e. The summed E-state index contributed by atoms with van der Waals surface area (Å²) in [5, 5.41) is 7.62. The Morgan fingerprint density at radius 1 is 1.56 bits per heavy atom. The van der Waals surface area contributed by atoms with Crippen LogP contribution in [-0.4, -0.2) is 15.9 Å². The third-order valence-corrected chi connectivity index (χ3v) is 4.99. The van der Waals surface area contributed by atoms with Crippen molar-refractivity contribution in [2.45, 2.75) is 20.3 Å². The molecule has 0 bridgehead atoms. The molecule has 3 rings (SSSR count). The zero-order valence-electron chi connectivity index (χ0n) is 10.4. The normalized spacial score (nSPS) is 22.1. The van der Waals surface area contributed by atoms with Crippen molar-refractivity contribution in [1.29, 1.82) is 0 Å². The molecule has 1 fully saturated rings.